The van der Waals surface area contributed by atoms with Gasteiger partial charge in [-0.3, -0.25) is 9.29 Å². The van der Waals surface area contributed by atoms with Crippen LogP contribution in [0.4, 0.5) is 10.2 Å². The number of imidazole rings is 1. The zero-order chi connectivity index (χ0) is 29.1. The average molecular weight is 599 g/mol. The van der Waals surface area contributed by atoms with Gasteiger partial charge in [0.05, 0.1) is 26.6 Å². The third-order valence-corrected chi connectivity index (χ3v) is 7.30. The number of para-hydroxylation sites is 1. The lowest BCUT2D eigenvalue weighted by molar-refractivity contribution is 0.327. The zero-order valence-corrected chi connectivity index (χ0v) is 23.7. The van der Waals surface area contributed by atoms with Gasteiger partial charge in [0.25, 0.3) is 0 Å². The molecule has 0 saturated carbocycles. The van der Waals surface area contributed by atoms with E-state index < -0.39 is 21.6 Å². The fourth-order valence-electron chi connectivity index (χ4n) is 4.17. The first-order valence-corrected chi connectivity index (χ1v) is 14.3. The van der Waals surface area contributed by atoms with Crippen molar-refractivity contribution in [3.8, 4) is 34.6 Å². The van der Waals surface area contributed by atoms with Crippen LogP contribution in [0.3, 0.4) is 0 Å². The molecule has 0 atom stereocenters. The van der Waals surface area contributed by atoms with Crippen LogP contribution in [0.5, 0.6) is 17.4 Å². The highest BCUT2D eigenvalue weighted by Crippen LogP contribution is 2.38. The van der Waals surface area contributed by atoms with Gasteiger partial charge in [0.15, 0.2) is 28.1 Å². The van der Waals surface area contributed by atoms with Gasteiger partial charge in [0.2, 0.25) is 15.9 Å². The summed E-state index contributed by atoms with van der Waals surface area (Å²) >= 11 is 6.38. The highest BCUT2D eigenvalue weighted by atomic mass is 35.5. The third kappa shape index (κ3) is 5.86. The topological polar surface area (TPSA) is 130 Å². The molecule has 0 aliphatic carbocycles. The van der Waals surface area contributed by atoms with E-state index in [1.54, 1.807) is 41.0 Å². The summed E-state index contributed by atoms with van der Waals surface area (Å²) in [4.78, 5) is 18.1. The number of ether oxygens (including phenoxy) is 3. The number of sulfonamides is 1. The molecule has 41 heavy (non-hydrogen) atoms. The normalized spacial score (nSPS) is 11.4. The van der Waals surface area contributed by atoms with Crippen LogP contribution in [-0.4, -0.2) is 53.7 Å². The molecule has 0 radical (unpaired) electrons. The van der Waals surface area contributed by atoms with Crippen LogP contribution in [-0.2, 0) is 15.8 Å². The van der Waals surface area contributed by atoms with Crippen molar-refractivity contribution >= 4 is 38.7 Å². The minimum atomic E-state index is -4.07. The Kier molecular flexibility index (Phi) is 7.90. The number of nitrogens with zero attached hydrogens (tertiary/aromatic N) is 5. The Bertz CT molecular complexity index is 1830. The fourth-order valence-corrected chi connectivity index (χ4v) is 5.52. The maximum Gasteiger partial charge on any atom is 0.238 e. The summed E-state index contributed by atoms with van der Waals surface area (Å²) < 4.78 is 60.5. The van der Waals surface area contributed by atoms with Crippen LogP contribution < -0.4 is 18.9 Å². The molecule has 212 valence electrons. The van der Waals surface area contributed by atoms with Crippen molar-refractivity contribution in [1.29, 1.82) is 0 Å². The van der Waals surface area contributed by atoms with Gasteiger partial charge in [-0.25, -0.2) is 32.7 Å². The molecule has 1 N–H and O–H groups in total. The van der Waals surface area contributed by atoms with Crippen LogP contribution in [0.25, 0.3) is 28.5 Å². The molecule has 0 spiro atoms. The van der Waals surface area contributed by atoms with Crippen molar-refractivity contribution in [3.63, 3.8) is 0 Å². The van der Waals surface area contributed by atoms with Gasteiger partial charge >= 0.3 is 0 Å². The van der Waals surface area contributed by atoms with Crippen LogP contribution in [0.2, 0.25) is 5.15 Å². The quantitative estimate of drug-likeness (QED) is 0.235. The van der Waals surface area contributed by atoms with Gasteiger partial charge in [-0.15, -0.1) is 0 Å². The van der Waals surface area contributed by atoms with E-state index in [1.165, 1.54) is 32.4 Å². The molecule has 0 saturated heterocycles. The van der Waals surface area contributed by atoms with E-state index in [0.29, 0.717) is 41.2 Å². The molecular weight excluding hydrogens is 575 g/mol. The minimum Gasteiger partial charge on any atom is -0.494 e. The summed E-state index contributed by atoms with van der Waals surface area (Å²) in [6.45, 7) is 2.25. The lowest BCUT2D eigenvalue weighted by atomic mass is 10.2. The number of pyridine rings is 1. The molecule has 3 heterocycles. The number of benzene rings is 2. The molecule has 11 nitrogen and oxygen atoms in total. The molecule has 0 aliphatic heterocycles. The summed E-state index contributed by atoms with van der Waals surface area (Å²) in [5.41, 5.74) is 1.32. The molecule has 14 heteroatoms. The summed E-state index contributed by atoms with van der Waals surface area (Å²) in [5, 5.41) is -0.237. The molecule has 0 fully saturated rings. The lowest BCUT2D eigenvalue weighted by Crippen LogP contribution is -2.17. The van der Waals surface area contributed by atoms with E-state index in [-0.39, 0.29) is 27.8 Å². The first-order chi connectivity index (χ1) is 19.7. The highest BCUT2D eigenvalue weighted by Gasteiger charge is 2.26. The smallest absolute Gasteiger partial charge is 0.238 e. The summed E-state index contributed by atoms with van der Waals surface area (Å²) in [6.07, 6.45) is 0. The van der Waals surface area contributed by atoms with Gasteiger partial charge in [0, 0.05) is 6.07 Å². The predicted molar refractivity (Wildman–Crippen MR) is 152 cm³/mol. The van der Waals surface area contributed by atoms with Gasteiger partial charge in [-0.2, -0.15) is 0 Å². The molecule has 0 bridgehead atoms. The van der Waals surface area contributed by atoms with E-state index in [2.05, 4.69) is 24.7 Å². The Balaban J connectivity index is 1.71. The van der Waals surface area contributed by atoms with Crippen LogP contribution >= 0.6 is 11.6 Å². The zero-order valence-electron chi connectivity index (χ0n) is 22.1. The Morgan fingerprint density at radius 3 is 2.34 bits per heavy atom. The number of hydrogen-bond acceptors (Lipinski definition) is 9. The van der Waals surface area contributed by atoms with Crippen LogP contribution in [0.1, 0.15) is 12.5 Å². The number of rotatable bonds is 10. The Labute approximate surface area is 240 Å². The van der Waals surface area contributed by atoms with Crippen molar-refractivity contribution in [3.05, 3.63) is 77.2 Å². The number of hydrogen-bond donors (Lipinski definition) is 1. The summed E-state index contributed by atoms with van der Waals surface area (Å²) in [5.74, 6) is 0.182. The summed E-state index contributed by atoms with van der Waals surface area (Å²) in [6, 6.07) is 15.7. The minimum absolute atomic E-state index is 0.106. The molecule has 3 aromatic heterocycles. The Morgan fingerprint density at radius 1 is 0.951 bits per heavy atom. The second-order valence-electron chi connectivity index (χ2n) is 8.58. The maximum atomic E-state index is 13.6. The van der Waals surface area contributed by atoms with E-state index >= 15 is 0 Å². The van der Waals surface area contributed by atoms with E-state index in [9.17, 15) is 12.8 Å². The largest absolute Gasteiger partial charge is 0.494 e. The molecular formula is C27H24ClFN6O5S. The van der Waals surface area contributed by atoms with Crippen LogP contribution in [0, 0.1) is 5.82 Å². The molecule has 5 rings (SSSR count). The van der Waals surface area contributed by atoms with Crippen LogP contribution in [0.15, 0.2) is 60.7 Å². The SMILES string of the molecule is CCOc1cccc(-c2nc3nc(Cl)c(NS(=O)(=O)Cc4cccc(F)c4)nc3n2-c2c(OC)cccc2OC)n1. The average Bonchev–Trinajstić information content (AvgIpc) is 3.30. The van der Waals surface area contributed by atoms with Crippen molar-refractivity contribution in [1.82, 2.24) is 24.5 Å². The Hall–Kier alpha value is -4.49. The van der Waals surface area contributed by atoms with Gasteiger partial charge in [0.1, 0.15) is 28.7 Å². The van der Waals surface area contributed by atoms with E-state index in [4.69, 9.17) is 25.8 Å². The maximum absolute atomic E-state index is 13.6. The first-order valence-electron chi connectivity index (χ1n) is 12.3. The van der Waals surface area contributed by atoms with Crippen molar-refractivity contribution in [2.24, 2.45) is 0 Å². The van der Waals surface area contributed by atoms with Gasteiger partial charge < -0.3 is 14.2 Å². The third-order valence-electron chi connectivity index (χ3n) is 5.82. The number of nitrogens with one attached hydrogen (secondary N) is 1. The van der Waals surface area contributed by atoms with Crippen molar-refractivity contribution in [2.75, 3.05) is 25.5 Å². The Morgan fingerprint density at radius 2 is 1.66 bits per heavy atom. The molecule has 0 aliphatic rings. The molecule has 0 amide bonds. The number of anilines is 1. The standard InChI is InChI=1S/C27H24ClFN6O5S/c1-4-40-21-13-6-10-18(30-21)26-33-25-27(35(26)22-19(38-2)11-7-12-20(22)39-3)32-24(23(28)31-25)34-41(36,37)15-16-8-5-9-17(29)14-16/h5-14H,4,15H2,1-3H3,(H,32,34). The van der Waals surface area contributed by atoms with E-state index in [1.807, 2.05) is 6.92 Å². The van der Waals surface area contributed by atoms with E-state index in [0.717, 1.165) is 6.07 Å². The number of fused-ring (bicyclic) bond motifs is 1. The monoisotopic (exact) mass is 598 g/mol. The molecule has 2 aromatic carbocycles. The van der Waals surface area contributed by atoms with Crippen molar-refractivity contribution in [2.45, 2.75) is 12.7 Å². The number of methoxy groups -OCH3 is 2. The highest BCUT2D eigenvalue weighted by molar-refractivity contribution is 7.91. The fraction of sp³-hybridized carbons (Fsp3) is 0.185. The van der Waals surface area contributed by atoms with Gasteiger partial charge in [-0.1, -0.05) is 35.9 Å². The molecule has 5 aromatic rings. The second kappa shape index (κ2) is 11.6. The lowest BCUT2D eigenvalue weighted by Gasteiger charge is -2.16. The predicted octanol–water partition coefficient (Wildman–Crippen LogP) is 5.03. The molecule has 0 unspecified atom stereocenters. The van der Waals surface area contributed by atoms with Crippen molar-refractivity contribution < 1.29 is 27.0 Å². The number of halogens is 2. The summed E-state index contributed by atoms with van der Waals surface area (Å²) in [7, 11) is -1.07. The van der Waals surface area contributed by atoms with Gasteiger partial charge in [-0.05, 0) is 42.8 Å². The first kappa shape index (κ1) is 28.1. The second-order valence-corrected chi connectivity index (χ2v) is 10.7. The number of aromatic nitrogens is 5.